The first-order chi connectivity index (χ1) is 15.1. The van der Waals surface area contributed by atoms with Gasteiger partial charge in [0.25, 0.3) is 18.2 Å². The molecular weight excluding hydrogens is 420 g/mol. The second-order valence-electron chi connectivity index (χ2n) is 7.39. The van der Waals surface area contributed by atoms with Gasteiger partial charge in [0.15, 0.2) is 0 Å². The highest BCUT2D eigenvalue weighted by Gasteiger charge is 2.54. The van der Waals surface area contributed by atoms with Crippen LogP contribution in [0.15, 0.2) is 54.6 Å². The minimum absolute atomic E-state index is 0.0258. The molecule has 0 aliphatic carbocycles. The van der Waals surface area contributed by atoms with Gasteiger partial charge in [-0.3, -0.25) is 20.1 Å². The van der Waals surface area contributed by atoms with Gasteiger partial charge in [0.1, 0.15) is 11.1 Å². The van der Waals surface area contributed by atoms with Crippen LogP contribution < -0.4 is 16.1 Å². The molecule has 2 atom stereocenters. The molecule has 2 rings (SSSR count). The van der Waals surface area contributed by atoms with Crippen molar-refractivity contribution in [2.75, 3.05) is 13.1 Å². The molecule has 0 heterocycles. The Balaban J connectivity index is 1.93. The van der Waals surface area contributed by atoms with Crippen LogP contribution in [0.4, 0.5) is 8.78 Å². The van der Waals surface area contributed by atoms with Gasteiger partial charge in [0.2, 0.25) is 0 Å². The van der Waals surface area contributed by atoms with Crippen molar-refractivity contribution < 1.29 is 28.7 Å². The third-order valence-electron chi connectivity index (χ3n) is 5.15. The van der Waals surface area contributed by atoms with Gasteiger partial charge in [0.05, 0.1) is 0 Å². The van der Waals surface area contributed by atoms with Crippen LogP contribution in [0.1, 0.15) is 35.3 Å². The van der Waals surface area contributed by atoms with Crippen molar-refractivity contribution in [3.63, 3.8) is 0 Å². The summed E-state index contributed by atoms with van der Waals surface area (Å²) < 4.78 is 26.4. The van der Waals surface area contributed by atoms with E-state index in [4.69, 9.17) is 5.21 Å². The maximum absolute atomic E-state index is 13.2. The Morgan fingerprint density at radius 3 is 2.06 bits per heavy atom. The molecule has 2 aromatic rings. The Labute approximate surface area is 184 Å². The fourth-order valence-corrected chi connectivity index (χ4v) is 2.78. The monoisotopic (exact) mass is 445 g/mol. The van der Waals surface area contributed by atoms with Gasteiger partial charge in [0, 0.05) is 29.8 Å². The van der Waals surface area contributed by atoms with Crippen molar-refractivity contribution >= 4 is 11.8 Å². The van der Waals surface area contributed by atoms with E-state index < -0.39 is 29.4 Å². The van der Waals surface area contributed by atoms with E-state index in [0.29, 0.717) is 5.56 Å². The molecule has 0 spiro atoms. The summed E-state index contributed by atoms with van der Waals surface area (Å²) >= 11 is 0. The van der Waals surface area contributed by atoms with Crippen LogP contribution in [-0.2, 0) is 4.79 Å². The van der Waals surface area contributed by atoms with Gasteiger partial charge in [-0.25, -0.2) is 14.3 Å². The second kappa shape index (κ2) is 10.8. The number of carbonyl (C=O) groups is 2. The number of amides is 2. The first-order valence-corrected chi connectivity index (χ1v) is 9.77. The zero-order valence-corrected chi connectivity index (χ0v) is 17.7. The molecule has 9 heteroatoms. The van der Waals surface area contributed by atoms with Crippen molar-refractivity contribution in [3.8, 4) is 11.8 Å². The molecular formula is C23H25F2N3O4. The number of hydrogen-bond donors (Lipinski definition) is 5. The topological polar surface area (TPSA) is 111 Å². The summed E-state index contributed by atoms with van der Waals surface area (Å²) in [6, 6.07) is 16.1. The Morgan fingerprint density at radius 1 is 0.969 bits per heavy atom. The van der Waals surface area contributed by atoms with Crippen LogP contribution in [0, 0.1) is 11.8 Å². The lowest BCUT2D eigenvalue weighted by Gasteiger charge is -2.40. The predicted octanol–water partition coefficient (Wildman–Crippen LogP) is 1.69. The van der Waals surface area contributed by atoms with Gasteiger partial charge < -0.3 is 10.4 Å². The number of carbonyl (C=O) groups excluding carboxylic acids is 2. The number of hydrogen-bond acceptors (Lipinski definition) is 5. The number of halogens is 2. The smallest absolute Gasteiger partial charge is 0.268 e. The SMILES string of the molecule is CC(NCCNC(=O)c1ccc(C#Cc2ccccc2)cc1)(C(=O)NO)C(C)(O)C(F)F. The van der Waals surface area contributed by atoms with E-state index in [1.807, 2.05) is 30.3 Å². The molecule has 0 saturated carbocycles. The molecule has 170 valence electrons. The predicted molar refractivity (Wildman–Crippen MR) is 114 cm³/mol. The van der Waals surface area contributed by atoms with Crippen LogP contribution in [0.3, 0.4) is 0 Å². The zero-order chi connectivity index (χ0) is 23.8. The van der Waals surface area contributed by atoms with E-state index in [9.17, 15) is 23.5 Å². The first-order valence-electron chi connectivity index (χ1n) is 9.77. The molecule has 5 N–H and O–H groups in total. The molecule has 0 aliphatic heterocycles. The fraction of sp³-hybridized carbons (Fsp3) is 0.304. The van der Waals surface area contributed by atoms with Crippen molar-refractivity contribution in [3.05, 3.63) is 71.3 Å². The molecule has 2 aromatic carbocycles. The van der Waals surface area contributed by atoms with Crippen LogP contribution in [-0.4, -0.2) is 52.8 Å². The van der Waals surface area contributed by atoms with Crippen LogP contribution in [0.2, 0.25) is 0 Å². The van der Waals surface area contributed by atoms with Crippen LogP contribution in [0.25, 0.3) is 0 Å². The lowest BCUT2D eigenvalue weighted by Crippen LogP contribution is -2.70. The number of aliphatic hydroxyl groups is 1. The molecule has 0 bridgehead atoms. The maximum atomic E-state index is 13.2. The lowest BCUT2D eigenvalue weighted by molar-refractivity contribution is -0.167. The van der Waals surface area contributed by atoms with E-state index in [1.54, 1.807) is 24.3 Å². The fourth-order valence-electron chi connectivity index (χ4n) is 2.78. The van der Waals surface area contributed by atoms with Gasteiger partial charge >= 0.3 is 0 Å². The summed E-state index contributed by atoms with van der Waals surface area (Å²) in [7, 11) is 0. The summed E-state index contributed by atoms with van der Waals surface area (Å²) in [6.45, 7) is 1.66. The summed E-state index contributed by atoms with van der Waals surface area (Å²) in [5, 5.41) is 24.0. The summed E-state index contributed by atoms with van der Waals surface area (Å²) in [5.74, 6) is 4.37. The zero-order valence-electron chi connectivity index (χ0n) is 17.7. The quantitative estimate of drug-likeness (QED) is 0.184. The Hall–Kier alpha value is -3.32. The van der Waals surface area contributed by atoms with Crippen molar-refractivity contribution in [1.82, 2.24) is 16.1 Å². The Bertz CT molecular complexity index is 986. The first kappa shape index (κ1) is 24.9. The van der Waals surface area contributed by atoms with E-state index in [-0.39, 0.29) is 13.1 Å². The van der Waals surface area contributed by atoms with Gasteiger partial charge in [-0.1, -0.05) is 30.0 Å². The third-order valence-corrected chi connectivity index (χ3v) is 5.15. The normalized spacial score (nSPS) is 14.5. The highest BCUT2D eigenvalue weighted by atomic mass is 19.3. The largest absolute Gasteiger partial charge is 0.382 e. The van der Waals surface area contributed by atoms with E-state index >= 15 is 0 Å². The molecule has 7 nitrogen and oxygen atoms in total. The average Bonchev–Trinajstić information content (AvgIpc) is 2.80. The van der Waals surface area contributed by atoms with Crippen molar-refractivity contribution in [2.24, 2.45) is 0 Å². The molecule has 0 saturated heterocycles. The highest BCUT2D eigenvalue weighted by Crippen LogP contribution is 2.28. The van der Waals surface area contributed by atoms with Gasteiger partial charge in [-0.2, -0.15) is 0 Å². The molecule has 32 heavy (non-hydrogen) atoms. The van der Waals surface area contributed by atoms with Gasteiger partial charge in [-0.05, 0) is 50.2 Å². The van der Waals surface area contributed by atoms with Crippen molar-refractivity contribution in [1.29, 1.82) is 0 Å². The van der Waals surface area contributed by atoms with E-state index in [1.165, 1.54) is 5.48 Å². The van der Waals surface area contributed by atoms with Crippen molar-refractivity contribution in [2.45, 2.75) is 31.4 Å². The maximum Gasteiger partial charge on any atom is 0.268 e. The number of alkyl halides is 2. The number of benzene rings is 2. The lowest BCUT2D eigenvalue weighted by atomic mass is 9.81. The Morgan fingerprint density at radius 2 is 1.53 bits per heavy atom. The molecule has 2 amide bonds. The highest BCUT2D eigenvalue weighted by molar-refractivity contribution is 5.94. The Kier molecular flexibility index (Phi) is 8.43. The van der Waals surface area contributed by atoms with Crippen LogP contribution in [0.5, 0.6) is 0 Å². The molecule has 0 aromatic heterocycles. The minimum atomic E-state index is -3.27. The minimum Gasteiger partial charge on any atom is -0.382 e. The number of hydroxylamine groups is 1. The van der Waals surface area contributed by atoms with Crippen LogP contribution >= 0.6 is 0 Å². The average molecular weight is 445 g/mol. The second-order valence-corrected chi connectivity index (χ2v) is 7.39. The molecule has 0 radical (unpaired) electrons. The number of nitrogens with one attached hydrogen (secondary N) is 3. The van der Waals surface area contributed by atoms with E-state index in [2.05, 4.69) is 22.5 Å². The van der Waals surface area contributed by atoms with E-state index in [0.717, 1.165) is 25.0 Å². The third kappa shape index (κ3) is 5.88. The molecule has 0 aliphatic rings. The molecule has 0 fully saturated rings. The summed E-state index contributed by atoms with van der Waals surface area (Å²) in [6.07, 6.45) is -3.27. The molecule has 2 unspecified atom stereocenters. The number of rotatable bonds is 8. The van der Waals surface area contributed by atoms with Gasteiger partial charge in [-0.15, -0.1) is 0 Å². The standard InChI is InChI=1S/C23H25F2N3O4/c1-22(21(30)28-32,23(2,31)20(24)25)27-15-14-26-19(29)18-12-10-17(11-13-18)9-8-16-6-4-3-5-7-16/h3-7,10-13,20,27,31-32H,14-15H2,1-2H3,(H,26,29)(H,28,30). The summed E-state index contributed by atoms with van der Waals surface area (Å²) in [4.78, 5) is 24.2. The summed E-state index contributed by atoms with van der Waals surface area (Å²) in [5.41, 5.74) is -1.75.